The molecule has 0 radical (unpaired) electrons. The highest BCUT2D eigenvalue weighted by atomic mass is 32.1. The normalized spacial score (nSPS) is 14.3. The van der Waals surface area contributed by atoms with Gasteiger partial charge in [0.1, 0.15) is 30.5 Å². The summed E-state index contributed by atoms with van der Waals surface area (Å²) in [5.74, 6) is -2.42. The van der Waals surface area contributed by atoms with Gasteiger partial charge in [-0.05, 0) is 99.8 Å². The number of nitrogens with zero attached hydrogens (tertiary/aromatic N) is 6. The van der Waals surface area contributed by atoms with E-state index in [1.807, 2.05) is 57.5 Å². The molecule has 15 nitrogen and oxygen atoms in total. The van der Waals surface area contributed by atoms with Crippen molar-refractivity contribution in [1.82, 2.24) is 25.5 Å². The van der Waals surface area contributed by atoms with E-state index < -0.39 is 57.8 Å². The molecule has 0 aliphatic carbocycles. The van der Waals surface area contributed by atoms with Crippen molar-refractivity contribution in [3.63, 3.8) is 0 Å². The van der Waals surface area contributed by atoms with E-state index in [0.717, 1.165) is 38.7 Å². The highest BCUT2D eigenvalue weighted by Gasteiger charge is 2.43. The zero-order valence-electron chi connectivity index (χ0n) is 40.9. The van der Waals surface area contributed by atoms with E-state index in [0.29, 0.717) is 71.3 Å². The fourth-order valence-corrected chi connectivity index (χ4v) is 9.02. The van der Waals surface area contributed by atoms with Crippen molar-refractivity contribution < 1.29 is 51.0 Å². The SMILES string of the molecule is Cc1ncsc1-c1ccc(CNC(=O)C2CCCN2C(=O)C(NC(=O)COCCCOCCCCOc2ccc(N(C(=S)N(C)c3ccc(C#N)c(C(F)(F)F)c3F)C(C)(C)C=O)cn2)C(C)(C)C)cc1. The fourth-order valence-electron chi connectivity index (χ4n) is 7.77. The Balaban J connectivity index is 0.990. The second-order valence-corrected chi connectivity index (χ2v) is 19.8. The Kier molecular flexibility index (Phi) is 19.5. The van der Waals surface area contributed by atoms with E-state index in [9.17, 15) is 32.3 Å². The number of aryl methyl sites for hydroxylation is 1. The number of aromatic nitrogens is 2. The number of carbonyl (C=O) groups is 4. The van der Waals surface area contributed by atoms with Crippen molar-refractivity contribution in [2.24, 2.45) is 5.41 Å². The minimum atomic E-state index is -5.15. The second kappa shape index (κ2) is 24.8. The molecule has 1 fully saturated rings. The molecule has 3 amide bonds. The molecule has 2 atom stereocenters. The molecular weight excluding hydrogens is 965 g/mol. The zero-order valence-corrected chi connectivity index (χ0v) is 42.5. The molecule has 2 aromatic heterocycles. The molecule has 21 heteroatoms. The van der Waals surface area contributed by atoms with Crippen molar-refractivity contribution >= 4 is 64.0 Å². The lowest BCUT2D eigenvalue weighted by atomic mass is 9.85. The quantitative estimate of drug-likeness (QED) is 0.0334. The molecule has 5 rings (SSSR count). The number of ether oxygens (including phenoxy) is 3. The van der Waals surface area contributed by atoms with Gasteiger partial charge in [-0.1, -0.05) is 45.0 Å². The third kappa shape index (κ3) is 14.7. The summed E-state index contributed by atoms with van der Waals surface area (Å²) in [5, 5.41) is 14.8. The summed E-state index contributed by atoms with van der Waals surface area (Å²) in [5.41, 5.74) is -0.0738. The Hall–Kier alpha value is -6.08. The first-order valence-corrected chi connectivity index (χ1v) is 24.3. The number of thiocarbonyl (C=S) groups is 1. The van der Waals surface area contributed by atoms with Crippen LogP contribution in [0.5, 0.6) is 5.88 Å². The Morgan fingerprint density at radius 2 is 1.68 bits per heavy atom. The van der Waals surface area contributed by atoms with Crippen molar-refractivity contribution in [2.75, 3.05) is 56.4 Å². The molecule has 3 heterocycles. The molecule has 1 aliphatic heterocycles. The standard InChI is InChI=1S/C50H60F4N8O7S2/c1-32-43(71-31-58-32)34-15-13-33(14-16-34)27-57-45(65)38-12-10-21-61(38)46(66)44(48(2,3)4)59-39(64)29-68-24-11-23-67-22-8-9-25-69-40-20-18-36(28-56-40)62(49(5,6)30-63)47(70)60(7)37-19-17-35(26-55)41(42(37)51)50(52,53)54/h13-20,28,30-31,38,44H,8-12,21-25,27,29H2,1-7H3,(H,57,65)(H,59,64). The van der Waals surface area contributed by atoms with Crippen LogP contribution in [0, 0.1) is 29.5 Å². The number of likely N-dealkylation sites (tertiary alicyclic amines) is 1. The van der Waals surface area contributed by atoms with Crippen LogP contribution in [0.1, 0.15) is 89.1 Å². The minimum absolute atomic E-state index is 0.211. The van der Waals surface area contributed by atoms with Gasteiger partial charge < -0.3 is 44.3 Å². The minimum Gasteiger partial charge on any atom is -0.478 e. The van der Waals surface area contributed by atoms with Gasteiger partial charge in [0.25, 0.3) is 0 Å². The molecule has 2 N–H and O–H groups in total. The van der Waals surface area contributed by atoms with Crippen LogP contribution < -0.4 is 25.2 Å². The molecule has 1 aliphatic rings. The molecule has 2 unspecified atom stereocenters. The van der Waals surface area contributed by atoms with Gasteiger partial charge in [-0.25, -0.2) is 14.4 Å². The lowest BCUT2D eigenvalue weighted by Gasteiger charge is -2.39. The van der Waals surface area contributed by atoms with Gasteiger partial charge in [0, 0.05) is 46.0 Å². The first kappa shape index (κ1) is 55.8. The third-order valence-electron chi connectivity index (χ3n) is 11.6. The Morgan fingerprint density at radius 1 is 0.986 bits per heavy atom. The molecule has 382 valence electrons. The summed E-state index contributed by atoms with van der Waals surface area (Å²) in [6.07, 6.45) is -0.191. The van der Waals surface area contributed by atoms with Gasteiger partial charge in [-0.15, -0.1) is 11.3 Å². The fraction of sp³-hybridized carbons (Fsp3) is 0.480. The summed E-state index contributed by atoms with van der Waals surface area (Å²) in [6.45, 7) is 12.4. The average Bonchev–Trinajstić information content (AvgIpc) is 4.00. The summed E-state index contributed by atoms with van der Waals surface area (Å²) in [4.78, 5) is 66.1. The number of pyridine rings is 1. The number of carbonyl (C=O) groups excluding carboxylic acids is 4. The second-order valence-electron chi connectivity index (χ2n) is 18.5. The number of alkyl halides is 3. The molecule has 4 aromatic rings. The molecule has 0 spiro atoms. The van der Waals surface area contributed by atoms with Crippen molar-refractivity contribution in [1.29, 1.82) is 5.26 Å². The number of nitriles is 1. The van der Waals surface area contributed by atoms with E-state index >= 15 is 4.39 Å². The van der Waals surface area contributed by atoms with Gasteiger partial charge in [0.05, 0.1) is 57.4 Å². The maximum atomic E-state index is 15.3. The summed E-state index contributed by atoms with van der Waals surface area (Å²) >= 11 is 7.15. The number of nitrogens with one attached hydrogen (secondary N) is 2. The average molecular weight is 1030 g/mol. The van der Waals surface area contributed by atoms with Crippen LogP contribution >= 0.6 is 23.6 Å². The number of unbranched alkanes of at least 4 members (excludes halogenated alkanes) is 1. The van der Waals surface area contributed by atoms with Gasteiger partial charge in [-0.2, -0.15) is 18.4 Å². The smallest absolute Gasteiger partial charge is 0.420 e. The Bertz CT molecular complexity index is 2530. The van der Waals surface area contributed by atoms with Crippen LogP contribution in [-0.2, 0) is 41.4 Å². The highest BCUT2D eigenvalue weighted by molar-refractivity contribution is 7.80. The molecule has 71 heavy (non-hydrogen) atoms. The number of benzene rings is 2. The van der Waals surface area contributed by atoms with E-state index in [4.69, 9.17) is 31.7 Å². The lowest BCUT2D eigenvalue weighted by molar-refractivity contribution is -0.144. The number of thiazole rings is 1. The number of halogens is 4. The molecule has 0 bridgehead atoms. The van der Waals surface area contributed by atoms with Crippen molar-refractivity contribution in [2.45, 2.75) is 104 Å². The van der Waals surface area contributed by atoms with Gasteiger partial charge in [0.15, 0.2) is 10.9 Å². The molecular formula is C50H60F4N8O7S2. The van der Waals surface area contributed by atoms with E-state index in [1.54, 1.807) is 22.3 Å². The largest absolute Gasteiger partial charge is 0.478 e. The van der Waals surface area contributed by atoms with Gasteiger partial charge in [-0.3, -0.25) is 14.4 Å². The topological polar surface area (TPSA) is 179 Å². The molecule has 2 aromatic carbocycles. The van der Waals surface area contributed by atoms with Gasteiger partial charge in [0.2, 0.25) is 23.6 Å². The van der Waals surface area contributed by atoms with Crippen LogP contribution in [0.15, 0.2) is 60.2 Å². The van der Waals surface area contributed by atoms with E-state index in [-0.39, 0.29) is 41.7 Å². The Labute approximate surface area is 420 Å². The number of hydrogen-bond acceptors (Lipinski definition) is 12. The molecule has 0 saturated carbocycles. The monoisotopic (exact) mass is 1020 g/mol. The number of rotatable bonds is 22. The number of anilines is 2. The maximum absolute atomic E-state index is 15.3. The third-order valence-corrected chi connectivity index (χ3v) is 13.1. The van der Waals surface area contributed by atoms with Gasteiger partial charge >= 0.3 is 6.18 Å². The number of hydrogen-bond donors (Lipinski definition) is 2. The first-order valence-electron chi connectivity index (χ1n) is 23.0. The first-order chi connectivity index (χ1) is 33.6. The Morgan fingerprint density at radius 3 is 2.30 bits per heavy atom. The molecule has 1 saturated heterocycles. The summed E-state index contributed by atoms with van der Waals surface area (Å²) in [7, 11) is 1.25. The predicted molar refractivity (Wildman–Crippen MR) is 265 cm³/mol. The summed E-state index contributed by atoms with van der Waals surface area (Å²) in [6, 6.07) is 12.8. The zero-order chi connectivity index (χ0) is 52.1. The van der Waals surface area contributed by atoms with Crippen LogP contribution in [0.25, 0.3) is 10.4 Å². The van der Waals surface area contributed by atoms with Crippen molar-refractivity contribution in [3.8, 4) is 22.4 Å². The van der Waals surface area contributed by atoms with Crippen LogP contribution in [0.4, 0.5) is 28.9 Å². The van der Waals surface area contributed by atoms with Crippen LogP contribution in [0.2, 0.25) is 0 Å². The van der Waals surface area contributed by atoms with Crippen LogP contribution in [-0.4, -0.2) is 108 Å². The van der Waals surface area contributed by atoms with Crippen molar-refractivity contribution in [3.05, 3.63) is 88.4 Å². The van der Waals surface area contributed by atoms with E-state index in [1.165, 1.54) is 44.1 Å². The predicted octanol–water partition coefficient (Wildman–Crippen LogP) is 8.17. The summed E-state index contributed by atoms with van der Waals surface area (Å²) < 4.78 is 73.5. The highest BCUT2D eigenvalue weighted by Crippen LogP contribution is 2.38. The lowest BCUT2D eigenvalue weighted by Crippen LogP contribution is -2.58. The number of aldehydes is 1. The van der Waals surface area contributed by atoms with Crippen LogP contribution in [0.3, 0.4) is 0 Å². The van der Waals surface area contributed by atoms with E-state index in [2.05, 4.69) is 20.6 Å². The maximum Gasteiger partial charge on any atom is 0.420 e. The number of amides is 3.